The lowest BCUT2D eigenvalue weighted by molar-refractivity contribution is 0.219. The van der Waals surface area contributed by atoms with E-state index in [1.54, 1.807) is 23.3 Å². The molecule has 0 aromatic carbocycles. The van der Waals surface area contributed by atoms with Crippen LogP contribution in [0.2, 0.25) is 0 Å². The number of aliphatic hydroxyl groups is 1. The van der Waals surface area contributed by atoms with E-state index in [-0.39, 0.29) is 0 Å². The van der Waals surface area contributed by atoms with Gasteiger partial charge in [0.15, 0.2) is 0 Å². The summed E-state index contributed by atoms with van der Waals surface area (Å²) in [7, 11) is 0. The van der Waals surface area contributed by atoms with Gasteiger partial charge in [-0.15, -0.1) is 0 Å². The second-order valence-electron chi connectivity index (χ2n) is 3.83. The van der Waals surface area contributed by atoms with E-state index in [1.807, 2.05) is 26.1 Å². The zero-order chi connectivity index (χ0) is 11.5. The third-order valence-electron chi connectivity index (χ3n) is 2.50. The van der Waals surface area contributed by atoms with E-state index in [1.165, 1.54) is 0 Å². The molecule has 0 bridgehead atoms. The van der Waals surface area contributed by atoms with Gasteiger partial charge in [-0.3, -0.25) is 9.67 Å². The molecule has 0 aliphatic heterocycles. The highest BCUT2D eigenvalue weighted by Crippen LogP contribution is 2.21. The fourth-order valence-corrected chi connectivity index (χ4v) is 1.61. The number of aromatic nitrogens is 3. The first-order valence-electron chi connectivity index (χ1n) is 5.32. The van der Waals surface area contributed by atoms with Crippen molar-refractivity contribution in [2.45, 2.75) is 26.5 Å². The minimum atomic E-state index is -0.646. The van der Waals surface area contributed by atoms with Gasteiger partial charge in [0.25, 0.3) is 0 Å². The van der Waals surface area contributed by atoms with Gasteiger partial charge >= 0.3 is 0 Å². The number of hydrogen-bond donors (Lipinski definition) is 1. The van der Waals surface area contributed by atoms with E-state index in [0.29, 0.717) is 0 Å². The molecular weight excluding hydrogens is 202 g/mol. The van der Waals surface area contributed by atoms with Gasteiger partial charge in [-0.1, -0.05) is 6.07 Å². The molecule has 0 aliphatic carbocycles. The molecule has 0 spiro atoms. The lowest BCUT2D eigenvalue weighted by atomic mass is 10.1. The number of aryl methyl sites for hydroxylation is 2. The SMILES string of the molecule is CCn1cc(C(O)c2cncc(C)c2)cn1. The van der Waals surface area contributed by atoms with Crippen LogP contribution in [0.5, 0.6) is 0 Å². The Hall–Kier alpha value is -1.68. The maximum atomic E-state index is 10.1. The van der Waals surface area contributed by atoms with Gasteiger partial charge in [0, 0.05) is 36.3 Å². The number of pyridine rings is 1. The van der Waals surface area contributed by atoms with E-state index >= 15 is 0 Å². The molecule has 2 rings (SSSR count). The van der Waals surface area contributed by atoms with Crippen LogP contribution in [0.3, 0.4) is 0 Å². The molecule has 16 heavy (non-hydrogen) atoms. The molecule has 1 unspecified atom stereocenters. The molecule has 0 amide bonds. The van der Waals surface area contributed by atoms with Crippen LogP contribution in [0, 0.1) is 6.92 Å². The largest absolute Gasteiger partial charge is 0.383 e. The molecule has 0 fully saturated rings. The molecular formula is C12H15N3O. The fraction of sp³-hybridized carbons (Fsp3) is 0.333. The maximum Gasteiger partial charge on any atom is 0.109 e. The number of hydrogen-bond acceptors (Lipinski definition) is 3. The Labute approximate surface area is 94.6 Å². The number of aliphatic hydroxyl groups excluding tert-OH is 1. The summed E-state index contributed by atoms with van der Waals surface area (Å²) in [4.78, 5) is 4.07. The molecule has 4 nitrogen and oxygen atoms in total. The van der Waals surface area contributed by atoms with Gasteiger partial charge < -0.3 is 5.11 Å². The van der Waals surface area contributed by atoms with Gasteiger partial charge in [-0.25, -0.2) is 0 Å². The normalized spacial score (nSPS) is 12.7. The predicted molar refractivity (Wildman–Crippen MR) is 60.9 cm³/mol. The van der Waals surface area contributed by atoms with Gasteiger partial charge in [0.1, 0.15) is 6.10 Å². The molecule has 4 heteroatoms. The minimum Gasteiger partial charge on any atom is -0.383 e. The van der Waals surface area contributed by atoms with Crippen molar-refractivity contribution >= 4 is 0 Å². The molecule has 1 N–H and O–H groups in total. The zero-order valence-electron chi connectivity index (χ0n) is 9.46. The van der Waals surface area contributed by atoms with Gasteiger partial charge in [-0.2, -0.15) is 5.10 Å². The Bertz CT molecular complexity index is 479. The van der Waals surface area contributed by atoms with E-state index in [4.69, 9.17) is 0 Å². The summed E-state index contributed by atoms with van der Waals surface area (Å²) >= 11 is 0. The molecule has 1 atom stereocenters. The molecule has 2 heterocycles. The number of rotatable bonds is 3. The maximum absolute atomic E-state index is 10.1. The van der Waals surface area contributed by atoms with Crippen molar-refractivity contribution in [2.75, 3.05) is 0 Å². The topological polar surface area (TPSA) is 50.9 Å². The van der Waals surface area contributed by atoms with Crippen LogP contribution in [0.25, 0.3) is 0 Å². The molecule has 0 saturated carbocycles. The van der Waals surface area contributed by atoms with Crippen LogP contribution in [0.1, 0.15) is 29.7 Å². The molecule has 2 aromatic heterocycles. The minimum absolute atomic E-state index is 0.646. The second-order valence-corrected chi connectivity index (χ2v) is 3.83. The molecule has 0 aliphatic rings. The van der Waals surface area contributed by atoms with Crippen LogP contribution in [0.15, 0.2) is 30.9 Å². The highest BCUT2D eigenvalue weighted by Gasteiger charge is 2.12. The Morgan fingerprint density at radius 3 is 2.75 bits per heavy atom. The van der Waals surface area contributed by atoms with Crippen LogP contribution >= 0.6 is 0 Å². The molecule has 0 radical (unpaired) electrons. The van der Waals surface area contributed by atoms with Crippen LogP contribution in [-0.2, 0) is 6.54 Å². The first kappa shape index (κ1) is 10.8. The van der Waals surface area contributed by atoms with Crippen molar-refractivity contribution in [1.29, 1.82) is 0 Å². The van der Waals surface area contributed by atoms with E-state index in [0.717, 1.165) is 23.2 Å². The summed E-state index contributed by atoms with van der Waals surface area (Å²) in [6.45, 7) is 4.77. The van der Waals surface area contributed by atoms with Crippen molar-refractivity contribution in [2.24, 2.45) is 0 Å². The average molecular weight is 217 g/mol. The van der Waals surface area contributed by atoms with Gasteiger partial charge in [0.05, 0.1) is 6.20 Å². The summed E-state index contributed by atoms with van der Waals surface area (Å²) in [6, 6.07) is 1.93. The Kier molecular flexibility index (Phi) is 3.01. The molecule has 84 valence electrons. The Balaban J connectivity index is 2.27. The Morgan fingerprint density at radius 1 is 1.31 bits per heavy atom. The summed E-state index contributed by atoms with van der Waals surface area (Å²) < 4.78 is 1.79. The second kappa shape index (κ2) is 4.45. The zero-order valence-corrected chi connectivity index (χ0v) is 9.46. The van der Waals surface area contributed by atoms with E-state index in [2.05, 4.69) is 10.1 Å². The quantitative estimate of drug-likeness (QED) is 0.851. The van der Waals surface area contributed by atoms with Crippen LogP contribution < -0.4 is 0 Å². The standard InChI is InChI=1S/C12H15N3O/c1-3-15-8-11(7-14-15)12(16)10-4-9(2)5-13-6-10/h4-8,12,16H,3H2,1-2H3. The van der Waals surface area contributed by atoms with Crippen LogP contribution in [0.4, 0.5) is 0 Å². The third-order valence-corrected chi connectivity index (χ3v) is 2.50. The lowest BCUT2D eigenvalue weighted by Crippen LogP contribution is -2.00. The highest BCUT2D eigenvalue weighted by molar-refractivity contribution is 5.27. The van der Waals surface area contributed by atoms with E-state index < -0.39 is 6.10 Å². The summed E-state index contributed by atoms with van der Waals surface area (Å²) in [6.07, 6.45) is 6.35. The lowest BCUT2D eigenvalue weighted by Gasteiger charge is -2.08. The summed E-state index contributed by atoms with van der Waals surface area (Å²) in [5.74, 6) is 0. The molecule has 2 aromatic rings. The molecule has 0 saturated heterocycles. The van der Waals surface area contributed by atoms with Crippen molar-refractivity contribution in [1.82, 2.24) is 14.8 Å². The first-order chi connectivity index (χ1) is 7.70. The summed E-state index contributed by atoms with van der Waals surface area (Å²) in [5, 5.41) is 14.3. The third kappa shape index (κ3) is 2.12. The number of nitrogens with zero attached hydrogens (tertiary/aromatic N) is 3. The average Bonchev–Trinajstić information content (AvgIpc) is 2.76. The first-order valence-corrected chi connectivity index (χ1v) is 5.32. The summed E-state index contributed by atoms with van der Waals surface area (Å²) in [5.41, 5.74) is 2.64. The van der Waals surface area contributed by atoms with E-state index in [9.17, 15) is 5.11 Å². The Morgan fingerprint density at radius 2 is 2.12 bits per heavy atom. The van der Waals surface area contributed by atoms with Crippen molar-refractivity contribution in [3.63, 3.8) is 0 Å². The van der Waals surface area contributed by atoms with Gasteiger partial charge in [-0.05, 0) is 19.4 Å². The van der Waals surface area contributed by atoms with Gasteiger partial charge in [0.2, 0.25) is 0 Å². The van der Waals surface area contributed by atoms with Crippen LogP contribution in [-0.4, -0.2) is 19.9 Å². The highest BCUT2D eigenvalue weighted by atomic mass is 16.3. The predicted octanol–water partition coefficient (Wildman–Crippen LogP) is 1.69. The fourth-order valence-electron chi connectivity index (χ4n) is 1.61. The van der Waals surface area contributed by atoms with Crippen molar-refractivity contribution in [3.8, 4) is 0 Å². The smallest absolute Gasteiger partial charge is 0.109 e. The monoisotopic (exact) mass is 217 g/mol. The van der Waals surface area contributed by atoms with Crippen molar-refractivity contribution < 1.29 is 5.11 Å². The van der Waals surface area contributed by atoms with Crippen molar-refractivity contribution in [3.05, 3.63) is 47.5 Å².